The van der Waals surface area contributed by atoms with Crippen LogP contribution in [0.4, 0.5) is 5.69 Å². The molecule has 0 aliphatic rings. The average molecular weight is 405 g/mol. The first kappa shape index (κ1) is 20.6. The number of carbonyl (C=O) groups is 1. The number of nitrogens with one attached hydrogen (secondary N) is 1. The minimum atomic E-state index is -1.77. The highest BCUT2D eigenvalue weighted by Gasteiger charge is 2.38. The van der Waals surface area contributed by atoms with Gasteiger partial charge in [0.15, 0.2) is 5.60 Å². The highest BCUT2D eigenvalue weighted by atomic mass is 35.5. The van der Waals surface area contributed by atoms with Gasteiger partial charge in [0.1, 0.15) is 6.07 Å². The molecule has 0 bridgehead atoms. The summed E-state index contributed by atoms with van der Waals surface area (Å²) >= 11 is 6.22. The summed E-state index contributed by atoms with van der Waals surface area (Å²) in [6, 6.07) is 21.7. The van der Waals surface area contributed by atoms with Crippen LogP contribution in [0.15, 0.2) is 66.7 Å². The van der Waals surface area contributed by atoms with Crippen LogP contribution in [0.2, 0.25) is 5.02 Å². The number of rotatable bonds is 5. The van der Waals surface area contributed by atoms with E-state index >= 15 is 0 Å². The normalized spacial score (nSPS) is 12.7. The van der Waals surface area contributed by atoms with Gasteiger partial charge in [-0.1, -0.05) is 71.8 Å². The van der Waals surface area contributed by atoms with Crippen molar-refractivity contribution in [3.8, 4) is 6.07 Å². The molecule has 2 N–H and O–H groups in total. The number of benzene rings is 3. The van der Waals surface area contributed by atoms with Crippen molar-refractivity contribution in [3.63, 3.8) is 0 Å². The van der Waals surface area contributed by atoms with Crippen molar-refractivity contribution in [3.05, 3.63) is 99.6 Å². The molecule has 1 amide bonds. The third kappa shape index (κ3) is 4.32. The second-order valence-corrected chi connectivity index (χ2v) is 7.43. The Bertz CT molecular complexity index is 1070. The van der Waals surface area contributed by atoms with Gasteiger partial charge in [0.05, 0.1) is 10.6 Å². The minimum absolute atomic E-state index is 0.117. The van der Waals surface area contributed by atoms with Gasteiger partial charge in [-0.2, -0.15) is 5.26 Å². The second-order valence-electron chi connectivity index (χ2n) is 7.05. The fourth-order valence-electron chi connectivity index (χ4n) is 3.16. The number of aliphatic hydroxyl groups is 1. The summed E-state index contributed by atoms with van der Waals surface area (Å²) in [5.74, 6) is -0.562. The van der Waals surface area contributed by atoms with Crippen molar-refractivity contribution in [1.82, 2.24) is 0 Å². The van der Waals surface area contributed by atoms with E-state index in [1.165, 1.54) is 0 Å². The summed E-state index contributed by atoms with van der Waals surface area (Å²) in [5, 5.41) is 23.7. The fourth-order valence-corrected chi connectivity index (χ4v) is 3.37. The van der Waals surface area contributed by atoms with Crippen LogP contribution in [0.5, 0.6) is 0 Å². The van der Waals surface area contributed by atoms with E-state index in [2.05, 4.69) is 5.32 Å². The van der Waals surface area contributed by atoms with Gasteiger partial charge >= 0.3 is 0 Å². The molecular formula is C24H21ClN2O2. The van der Waals surface area contributed by atoms with Gasteiger partial charge in [0.2, 0.25) is 0 Å². The molecule has 0 saturated carbocycles. The van der Waals surface area contributed by atoms with Gasteiger partial charge in [0.25, 0.3) is 5.91 Å². The van der Waals surface area contributed by atoms with Crippen LogP contribution in [0.1, 0.15) is 27.8 Å². The van der Waals surface area contributed by atoms with Crippen molar-refractivity contribution in [2.24, 2.45) is 0 Å². The van der Waals surface area contributed by atoms with Crippen molar-refractivity contribution < 1.29 is 9.90 Å². The predicted molar refractivity (Wildman–Crippen MR) is 115 cm³/mol. The SMILES string of the molecule is Cc1ccc(CC(O)(C(=O)Nc2ccc(C#N)c(Cl)c2C)c2ccccc2)cc1. The Balaban J connectivity index is 1.98. The largest absolute Gasteiger partial charge is 0.375 e. The van der Waals surface area contributed by atoms with E-state index in [0.717, 1.165) is 11.1 Å². The number of aryl methyl sites for hydroxylation is 1. The van der Waals surface area contributed by atoms with Gasteiger partial charge in [-0.05, 0) is 42.7 Å². The molecule has 146 valence electrons. The Morgan fingerprint density at radius 1 is 1.07 bits per heavy atom. The number of nitriles is 1. The second kappa shape index (κ2) is 8.48. The fraction of sp³-hybridized carbons (Fsp3) is 0.167. The summed E-state index contributed by atoms with van der Waals surface area (Å²) in [7, 11) is 0. The van der Waals surface area contributed by atoms with Crippen LogP contribution in [0, 0.1) is 25.2 Å². The molecule has 0 aromatic heterocycles. The highest BCUT2D eigenvalue weighted by Crippen LogP contribution is 2.31. The summed E-state index contributed by atoms with van der Waals surface area (Å²) < 4.78 is 0. The molecule has 0 aliphatic carbocycles. The highest BCUT2D eigenvalue weighted by molar-refractivity contribution is 6.33. The van der Waals surface area contributed by atoms with Crippen LogP contribution in [0.3, 0.4) is 0 Å². The van der Waals surface area contributed by atoms with Crippen LogP contribution >= 0.6 is 11.6 Å². The van der Waals surface area contributed by atoms with E-state index in [9.17, 15) is 9.90 Å². The third-order valence-electron chi connectivity index (χ3n) is 4.96. The standard InChI is InChI=1S/C24H21ClN2O2/c1-16-8-10-18(11-9-16)14-24(29,20-6-4-3-5-7-20)23(28)27-21-13-12-19(15-26)22(25)17(21)2/h3-13,29H,14H2,1-2H3,(H,27,28). The van der Waals surface area contributed by atoms with Gasteiger partial charge < -0.3 is 10.4 Å². The van der Waals surface area contributed by atoms with E-state index in [0.29, 0.717) is 22.4 Å². The Morgan fingerprint density at radius 2 is 1.72 bits per heavy atom. The van der Waals surface area contributed by atoms with Gasteiger partial charge in [0, 0.05) is 12.1 Å². The van der Waals surface area contributed by atoms with Gasteiger partial charge in [-0.15, -0.1) is 0 Å². The quantitative estimate of drug-likeness (QED) is 0.635. The lowest BCUT2D eigenvalue weighted by Crippen LogP contribution is -2.42. The molecule has 3 aromatic rings. The maximum Gasteiger partial charge on any atom is 0.261 e. The first-order chi connectivity index (χ1) is 13.8. The van der Waals surface area contributed by atoms with Crippen LogP contribution in [0.25, 0.3) is 0 Å². The lowest BCUT2D eigenvalue weighted by atomic mass is 9.86. The predicted octanol–water partition coefficient (Wildman–Crippen LogP) is 4.90. The molecule has 1 atom stereocenters. The van der Waals surface area contributed by atoms with E-state index in [1.807, 2.05) is 43.3 Å². The first-order valence-electron chi connectivity index (χ1n) is 9.19. The van der Waals surface area contributed by atoms with E-state index in [4.69, 9.17) is 16.9 Å². The molecule has 4 nitrogen and oxygen atoms in total. The summed E-state index contributed by atoms with van der Waals surface area (Å²) in [6.07, 6.45) is 0.117. The first-order valence-corrected chi connectivity index (χ1v) is 9.57. The van der Waals surface area contributed by atoms with Crippen LogP contribution < -0.4 is 5.32 Å². The smallest absolute Gasteiger partial charge is 0.261 e. The summed E-state index contributed by atoms with van der Waals surface area (Å²) in [6.45, 7) is 3.71. The number of nitrogens with zero attached hydrogens (tertiary/aromatic N) is 1. The number of hydrogen-bond acceptors (Lipinski definition) is 3. The molecule has 0 heterocycles. The monoisotopic (exact) mass is 404 g/mol. The zero-order valence-electron chi connectivity index (χ0n) is 16.2. The molecule has 3 aromatic carbocycles. The Kier molecular flexibility index (Phi) is 6.03. The van der Waals surface area contributed by atoms with Crippen molar-refractivity contribution in [2.75, 3.05) is 5.32 Å². The number of halogens is 1. The van der Waals surface area contributed by atoms with Gasteiger partial charge in [-0.25, -0.2) is 0 Å². The topological polar surface area (TPSA) is 73.1 Å². The molecule has 5 heteroatoms. The Labute approximate surface area is 175 Å². The van der Waals surface area contributed by atoms with E-state index in [-0.39, 0.29) is 11.4 Å². The number of amides is 1. The lowest BCUT2D eigenvalue weighted by molar-refractivity contribution is -0.135. The zero-order chi connectivity index (χ0) is 21.0. The van der Waals surface area contributed by atoms with Crippen molar-refractivity contribution >= 4 is 23.2 Å². The molecule has 1 unspecified atom stereocenters. The maximum atomic E-state index is 13.3. The molecule has 0 aliphatic heterocycles. The molecule has 0 radical (unpaired) electrons. The summed E-state index contributed by atoms with van der Waals surface area (Å²) in [5.41, 5.74) is 2.03. The molecule has 0 fully saturated rings. The molecule has 0 spiro atoms. The number of hydrogen-bond donors (Lipinski definition) is 2. The number of anilines is 1. The Morgan fingerprint density at radius 3 is 2.34 bits per heavy atom. The van der Waals surface area contributed by atoms with Crippen LogP contribution in [-0.2, 0) is 16.8 Å². The average Bonchev–Trinajstić information content (AvgIpc) is 2.73. The Hall–Kier alpha value is -3.13. The lowest BCUT2D eigenvalue weighted by Gasteiger charge is -2.28. The molecular weight excluding hydrogens is 384 g/mol. The van der Waals surface area contributed by atoms with Crippen LogP contribution in [-0.4, -0.2) is 11.0 Å². The number of carbonyl (C=O) groups excluding carboxylic acids is 1. The summed E-state index contributed by atoms with van der Waals surface area (Å²) in [4.78, 5) is 13.3. The third-order valence-corrected chi connectivity index (χ3v) is 5.45. The van der Waals surface area contributed by atoms with E-state index in [1.54, 1.807) is 43.3 Å². The van der Waals surface area contributed by atoms with Gasteiger partial charge in [-0.3, -0.25) is 4.79 Å². The maximum absolute atomic E-state index is 13.3. The van der Waals surface area contributed by atoms with E-state index < -0.39 is 11.5 Å². The molecule has 3 rings (SSSR count). The zero-order valence-corrected chi connectivity index (χ0v) is 17.0. The van der Waals surface area contributed by atoms with Crippen molar-refractivity contribution in [1.29, 1.82) is 5.26 Å². The molecule has 0 saturated heterocycles. The molecule has 29 heavy (non-hydrogen) atoms. The minimum Gasteiger partial charge on any atom is -0.375 e. The van der Waals surface area contributed by atoms with Crippen molar-refractivity contribution in [2.45, 2.75) is 25.9 Å².